The van der Waals surface area contributed by atoms with Gasteiger partial charge in [-0.15, -0.1) is 11.8 Å². The van der Waals surface area contributed by atoms with Crippen LogP contribution in [0.25, 0.3) is 0 Å². The molecule has 0 aromatic heterocycles. The van der Waals surface area contributed by atoms with Crippen LogP contribution in [0.4, 0.5) is 5.69 Å². The van der Waals surface area contributed by atoms with Crippen molar-refractivity contribution >= 4 is 29.1 Å². The van der Waals surface area contributed by atoms with E-state index in [0.29, 0.717) is 16.5 Å². The van der Waals surface area contributed by atoms with Gasteiger partial charge in [0.2, 0.25) is 0 Å². The van der Waals surface area contributed by atoms with Crippen LogP contribution in [-0.4, -0.2) is 5.75 Å². The van der Waals surface area contributed by atoms with Crippen LogP contribution < -0.4 is 5.73 Å². The fraction of sp³-hybridized carbons (Fsp3) is 0.125. The van der Waals surface area contributed by atoms with E-state index in [1.807, 2.05) is 12.1 Å². The third kappa shape index (κ3) is 2.33. The van der Waals surface area contributed by atoms with Crippen molar-refractivity contribution in [2.24, 2.45) is 0 Å². The Hall–Kier alpha value is -0.850. The Bertz CT molecular complexity index is 319. The van der Waals surface area contributed by atoms with Crippen molar-refractivity contribution in [2.75, 3.05) is 11.5 Å². The minimum absolute atomic E-state index is 0.409. The van der Waals surface area contributed by atoms with Crippen LogP contribution >= 0.6 is 23.4 Å². The number of hydrogen-bond donors (Lipinski definition) is 1. The number of anilines is 1. The maximum absolute atomic E-state index is 8.34. The molecule has 62 valence electrons. The van der Waals surface area contributed by atoms with Gasteiger partial charge in [0.15, 0.2) is 0 Å². The van der Waals surface area contributed by atoms with Crippen molar-refractivity contribution in [1.82, 2.24) is 0 Å². The van der Waals surface area contributed by atoms with Crippen molar-refractivity contribution in [2.45, 2.75) is 4.90 Å². The Morgan fingerprint density at radius 1 is 1.58 bits per heavy atom. The average Bonchev–Trinajstić information content (AvgIpc) is 2.03. The summed E-state index contributed by atoms with van der Waals surface area (Å²) < 4.78 is 0. The van der Waals surface area contributed by atoms with Gasteiger partial charge in [0, 0.05) is 15.6 Å². The van der Waals surface area contributed by atoms with Crippen LogP contribution in [0.2, 0.25) is 5.02 Å². The van der Waals surface area contributed by atoms with Gasteiger partial charge in [-0.3, -0.25) is 0 Å². The van der Waals surface area contributed by atoms with E-state index in [1.165, 1.54) is 11.8 Å². The lowest BCUT2D eigenvalue weighted by atomic mass is 10.3. The predicted octanol–water partition coefficient (Wildman–Crippen LogP) is 2.54. The van der Waals surface area contributed by atoms with Crippen molar-refractivity contribution in [3.05, 3.63) is 23.2 Å². The van der Waals surface area contributed by atoms with E-state index in [1.54, 1.807) is 12.1 Å². The highest BCUT2D eigenvalue weighted by molar-refractivity contribution is 7.99. The lowest BCUT2D eigenvalue weighted by Crippen LogP contribution is -1.88. The third-order valence-electron chi connectivity index (χ3n) is 1.26. The zero-order chi connectivity index (χ0) is 8.97. The van der Waals surface area contributed by atoms with E-state index in [2.05, 4.69) is 0 Å². The van der Waals surface area contributed by atoms with Crippen molar-refractivity contribution in [3.63, 3.8) is 0 Å². The molecule has 0 aliphatic rings. The van der Waals surface area contributed by atoms with Crippen LogP contribution in [-0.2, 0) is 0 Å². The van der Waals surface area contributed by atoms with Crippen LogP contribution in [0.3, 0.4) is 0 Å². The average molecular weight is 199 g/mol. The molecule has 4 heteroatoms. The predicted molar refractivity (Wildman–Crippen MR) is 52.2 cm³/mol. The van der Waals surface area contributed by atoms with Gasteiger partial charge in [-0.25, -0.2) is 0 Å². The van der Waals surface area contributed by atoms with E-state index in [-0.39, 0.29) is 0 Å². The van der Waals surface area contributed by atoms with E-state index < -0.39 is 0 Å². The largest absolute Gasteiger partial charge is 0.398 e. The minimum atomic E-state index is 0.409. The molecule has 0 heterocycles. The first-order valence-corrected chi connectivity index (χ1v) is 4.65. The van der Waals surface area contributed by atoms with E-state index in [9.17, 15) is 0 Å². The second-order valence-corrected chi connectivity index (χ2v) is 3.58. The molecule has 0 fully saturated rings. The summed E-state index contributed by atoms with van der Waals surface area (Å²) in [7, 11) is 0. The number of nitrogen functional groups attached to an aromatic ring is 1. The number of benzene rings is 1. The second-order valence-electron chi connectivity index (χ2n) is 2.13. The molecular formula is C8H7ClN2S. The summed E-state index contributed by atoms with van der Waals surface area (Å²) >= 11 is 7.11. The molecular weight excluding hydrogens is 192 g/mol. The van der Waals surface area contributed by atoms with Crippen LogP contribution in [0.1, 0.15) is 0 Å². The highest BCUT2D eigenvalue weighted by atomic mass is 35.5. The summed E-state index contributed by atoms with van der Waals surface area (Å²) in [6.07, 6.45) is 0. The lowest BCUT2D eigenvalue weighted by Gasteiger charge is -2.01. The zero-order valence-corrected chi connectivity index (χ0v) is 7.82. The number of nitrogens with two attached hydrogens (primary N) is 1. The molecule has 12 heavy (non-hydrogen) atoms. The van der Waals surface area contributed by atoms with Crippen molar-refractivity contribution in [1.29, 1.82) is 5.26 Å². The Labute approximate surface area is 80.3 Å². The maximum Gasteiger partial charge on any atom is 0.0856 e. The summed E-state index contributed by atoms with van der Waals surface area (Å²) in [5.74, 6) is 0.409. The maximum atomic E-state index is 8.34. The van der Waals surface area contributed by atoms with Gasteiger partial charge >= 0.3 is 0 Å². The van der Waals surface area contributed by atoms with Gasteiger partial charge < -0.3 is 5.73 Å². The van der Waals surface area contributed by atoms with Gasteiger partial charge in [0.1, 0.15) is 0 Å². The summed E-state index contributed by atoms with van der Waals surface area (Å²) in [6.45, 7) is 0. The Kier molecular flexibility index (Phi) is 3.27. The van der Waals surface area contributed by atoms with Gasteiger partial charge in [0.05, 0.1) is 11.8 Å². The number of nitrogens with zero attached hydrogens (tertiary/aromatic N) is 1. The molecule has 2 nitrogen and oxygen atoms in total. The smallest absolute Gasteiger partial charge is 0.0856 e. The number of halogens is 1. The number of hydrogen-bond acceptors (Lipinski definition) is 3. The summed E-state index contributed by atoms with van der Waals surface area (Å²) in [6, 6.07) is 7.29. The second kappa shape index (κ2) is 4.24. The SMILES string of the molecule is N#CCSc1ccc(Cl)cc1N. The molecule has 0 spiro atoms. The molecule has 0 saturated heterocycles. The van der Waals surface area contributed by atoms with Gasteiger partial charge in [-0.2, -0.15) is 5.26 Å². The molecule has 0 aliphatic heterocycles. The lowest BCUT2D eigenvalue weighted by molar-refractivity contribution is 1.45. The number of nitriles is 1. The molecule has 2 N–H and O–H groups in total. The number of rotatable bonds is 2. The quantitative estimate of drug-likeness (QED) is 0.587. The van der Waals surface area contributed by atoms with Gasteiger partial charge in [-0.1, -0.05) is 11.6 Å². The molecule has 1 aromatic carbocycles. The summed E-state index contributed by atoms with van der Waals surface area (Å²) in [4.78, 5) is 0.904. The monoisotopic (exact) mass is 198 g/mol. The van der Waals surface area contributed by atoms with Gasteiger partial charge in [0.25, 0.3) is 0 Å². The van der Waals surface area contributed by atoms with E-state index in [4.69, 9.17) is 22.6 Å². The third-order valence-corrected chi connectivity index (χ3v) is 2.46. The normalized spacial score (nSPS) is 9.33. The fourth-order valence-electron chi connectivity index (χ4n) is 0.761. The zero-order valence-electron chi connectivity index (χ0n) is 6.25. The summed E-state index contributed by atoms with van der Waals surface area (Å²) in [5.41, 5.74) is 6.28. The molecule has 0 aliphatic carbocycles. The Morgan fingerprint density at radius 3 is 2.92 bits per heavy atom. The van der Waals surface area contributed by atoms with Crippen LogP contribution in [0.15, 0.2) is 23.1 Å². The van der Waals surface area contributed by atoms with Crippen LogP contribution in [0, 0.1) is 11.3 Å². The Balaban J connectivity index is 2.81. The van der Waals surface area contributed by atoms with E-state index in [0.717, 1.165) is 4.90 Å². The topological polar surface area (TPSA) is 49.8 Å². The molecule has 1 aromatic rings. The molecule has 1 rings (SSSR count). The minimum Gasteiger partial charge on any atom is -0.398 e. The first kappa shape index (κ1) is 9.24. The number of thioether (sulfide) groups is 1. The molecule has 0 amide bonds. The van der Waals surface area contributed by atoms with Crippen molar-refractivity contribution in [3.8, 4) is 6.07 Å². The van der Waals surface area contributed by atoms with E-state index >= 15 is 0 Å². The molecule has 0 bridgehead atoms. The highest BCUT2D eigenvalue weighted by Crippen LogP contribution is 2.26. The summed E-state index contributed by atoms with van der Waals surface area (Å²) in [5, 5.41) is 8.95. The van der Waals surface area contributed by atoms with Crippen LogP contribution in [0.5, 0.6) is 0 Å². The first-order chi connectivity index (χ1) is 5.74. The molecule has 0 radical (unpaired) electrons. The molecule has 0 atom stereocenters. The standard InChI is InChI=1S/C8H7ClN2S/c9-6-1-2-8(7(11)5-6)12-4-3-10/h1-2,5H,4,11H2. The Morgan fingerprint density at radius 2 is 2.33 bits per heavy atom. The van der Waals surface area contributed by atoms with Crippen molar-refractivity contribution < 1.29 is 0 Å². The van der Waals surface area contributed by atoms with Gasteiger partial charge in [-0.05, 0) is 18.2 Å². The first-order valence-electron chi connectivity index (χ1n) is 3.29. The molecule has 0 saturated carbocycles. The fourth-order valence-corrected chi connectivity index (χ4v) is 1.55. The highest BCUT2D eigenvalue weighted by Gasteiger charge is 1.99. The molecule has 0 unspecified atom stereocenters.